The third-order valence-corrected chi connectivity index (χ3v) is 2.78. The molecule has 0 unspecified atom stereocenters. The van der Waals surface area contributed by atoms with Gasteiger partial charge in [-0.15, -0.1) is 0 Å². The molecule has 0 spiro atoms. The summed E-state index contributed by atoms with van der Waals surface area (Å²) in [6, 6.07) is 3.27. The monoisotopic (exact) mass is 235 g/mol. The molecule has 4 nitrogen and oxygen atoms in total. The zero-order valence-electron chi connectivity index (χ0n) is 6.53. The van der Waals surface area contributed by atoms with E-state index in [1.54, 1.807) is 0 Å². The average Bonchev–Trinajstić information content (AvgIpc) is 2.02. The summed E-state index contributed by atoms with van der Waals surface area (Å²) in [7, 11) is 0.460. The van der Waals surface area contributed by atoms with Crippen LogP contribution in [0.1, 0.15) is 5.56 Å². The van der Waals surface area contributed by atoms with Crippen LogP contribution in [-0.4, -0.2) is 13.5 Å². The number of rotatable bonds is 1. The fourth-order valence-electron chi connectivity index (χ4n) is 0.864. The highest BCUT2D eigenvalue weighted by Crippen LogP contribution is 2.30. The molecule has 0 aliphatic heterocycles. The first-order valence-corrected chi connectivity index (χ1v) is 5.55. The first-order chi connectivity index (χ1) is 6.38. The second kappa shape index (κ2) is 3.44. The average molecular weight is 236 g/mol. The molecule has 1 N–H and O–H groups in total. The number of nitrogens with zero attached hydrogens (tertiary/aromatic N) is 1. The second-order valence-corrected chi connectivity index (χ2v) is 4.83. The lowest BCUT2D eigenvalue weighted by Gasteiger charge is -2.02. The number of halogens is 2. The Morgan fingerprint density at radius 1 is 1.50 bits per heavy atom. The van der Waals surface area contributed by atoms with Crippen LogP contribution in [0.2, 0.25) is 0 Å². The van der Waals surface area contributed by atoms with Crippen molar-refractivity contribution in [1.29, 1.82) is 5.26 Å². The van der Waals surface area contributed by atoms with Crippen LogP contribution in [-0.2, 0) is 9.05 Å². The molecule has 14 heavy (non-hydrogen) atoms. The normalized spacial score (nSPS) is 10.9. The summed E-state index contributed by atoms with van der Waals surface area (Å²) < 4.78 is 34.8. The number of phenols is 1. The van der Waals surface area contributed by atoms with Gasteiger partial charge >= 0.3 is 0 Å². The minimum Gasteiger partial charge on any atom is -0.506 e. The summed E-state index contributed by atoms with van der Waals surface area (Å²) in [5.41, 5.74) is -0.498. The van der Waals surface area contributed by atoms with E-state index in [1.807, 2.05) is 0 Å². The first-order valence-electron chi connectivity index (χ1n) is 3.24. The van der Waals surface area contributed by atoms with Crippen molar-refractivity contribution in [3.05, 3.63) is 23.5 Å². The predicted octanol–water partition coefficient (Wildman–Crippen LogP) is 1.33. The van der Waals surface area contributed by atoms with Gasteiger partial charge in [-0.05, 0) is 12.1 Å². The Morgan fingerprint density at radius 2 is 2.07 bits per heavy atom. The molecule has 0 radical (unpaired) electrons. The number of benzene rings is 1. The van der Waals surface area contributed by atoms with Gasteiger partial charge in [0.25, 0.3) is 9.05 Å². The van der Waals surface area contributed by atoms with Crippen LogP contribution in [0, 0.1) is 17.1 Å². The van der Waals surface area contributed by atoms with Crippen molar-refractivity contribution in [1.82, 2.24) is 0 Å². The molecule has 1 aromatic carbocycles. The minimum atomic E-state index is -4.40. The molecular formula is C7H3ClFNO3S. The minimum absolute atomic E-state index is 0.498. The third kappa shape index (κ3) is 1.78. The van der Waals surface area contributed by atoms with Gasteiger partial charge in [0.15, 0.2) is 10.7 Å². The number of phenolic OH excluding ortho intramolecular Hbond substituents is 1. The molecule has 0 aromatic heterocycles. The van der Waals surface area contributed by atoms with Crippen molar-refractivity contribution in [2.45, 2.75) is 4.90 Å². The lowest BCUT2D eigenvalue weighted by molar-refractivity contribution is 0.445. The van der Waals surface area contributed by atoms with E-state index in [4.69, 9.17) is 21.1 Å². The Labute approximate surface area is 83.6 Å². The molecule has 0 fully saturated rings. The van der Waals surface area contributed by atoms with Gasteiger partial charge in [-0.1, -0.05) is 0 Å². The van der Waals surface area contributed by atoms with Crippen LogP contribution in [0.25, 0.3) is 0 Å². The van der Waals surface area contributed by atoms with Crippen LogP contribution >= 0.6 is 10.7 Å². The maximum absolute atomic E-state index is 13.2. The molecule has 7 heteroatoms. The highest BCUT2D eigenvalue weighted by Gasteiger charge is 2.23. The van der Waals surface area contributed by atoms with E-state index in [9.17, 15) is 12.8 Å². The Balaban J connectivity index is 3.68. The van der Waals surface area contributed by atoms with Crippen LogP contribution in [0.4, 0.5) is 4.39 Å². The molecule has 1 rings (SSSR count). The summed E-state index contributed by atoms with van der Waals surface area (Å²) >= 11 is 0. The summed E-state index contributed by atoms with van der Waals surface area (Å²) in [5, 5.41) is 17.4. The van der Waals surface area contributed by atoms with Gasteiger partial charge in [-0.25, -0.2) is 12.8 Å². The summed E-state index contributed by atoms with van der Waals surface area (Å²) in [5.74, 6) is -2.17. The van der Waals surface area contributed by atoms with E-state index in [2.05, 4.69) is 0 Å². The topological polar surface area (TPSA) is 78.2 Å². The molecule has 0 saturated carbocycles. The number of hydrogen-bond donors (Lipinski definition) is 1. The lowest BCUT2D eigenvalue weighted by atomic mass is 10.2. The van der Waals surface area contributed by atoms with Crippen LogP contribution in [0.5, 0.6) is 5.75 Å². The van der Waals surface area contributed by atoms with Crippen molar-refractivity contribution in [2.24, 2.45) is 0 Å². The maximum Gasteiger partial charge on any atom is 0.267 e. The van der Waals surface area contributed by atoms with E-state index < -0.39 is 31.1 Å². The van der Waals surface area contributed by atoms with Crippen LogP contribution in [0.15, 0.2) is 17.0 Å². The zero-order valence-corrected chi connectivity index (χ0v) is 8.10. The fraction of sp³-hybridized carbons (Fsp3) is 0. The summed E-state index contributed by atoms with van der Waals surface area (Å²) in [4.78, 5) is -1.07. The number of hydrogen-bond acceptors (Lipinski definition) is 4. The van der Waals surface area contributed by atoms with Crippen LogP contribution in [0.3, 0.4) is 0 Å². The molecule has 0 bridgehead atoms. The highest BCUT2D eigenvalue weighted by atomic mass is 35.7. The maximum atomic E-state index is 13.2. The Kier molecular flexibility index (Phi) is 2.64. The molecule has 0 heterocycles. The third-order valence-electron chi connectivity index (χ3n) is 1.44. The molecule has 74 valence electrons. The lowest BCUT2D eigenvalue weighted by Crippen LogP contribution is -1.98. The van der Waals surface area contributed by atoms with Crippen LogP contribution < -0.4 is 0 Å². The molecular weight excluding hydrogens is 233 g/mol. The van der Waals surface area contributed by atoms with Gasteiger partial charge in [-0.2, -0.15) is 5.26 Å². The fourth-order valence-corrected chi connectivity index (χ4v) is 1.95. The standard InChI is InChI=1S/C7H3ClFNO3S/c8-14(12,13)7-5(11)2-1-4(3-10)6(7)9/h1-2,11H. The molecule has 1 aromatic rings. The zero-order chi connectivity index (χ0) is 10.9. The Morgan fingerprint density at radius 3 is 2.50 bits per heavy atom. The smallest absolute Gasteiger partial charge is 0.267 e. The molecule has 0 atom stereocenters. The summed E-state index contributed by atoms with van der Waals surface area (Å²) in [6.45, 7) is 0. The number of aromatic hydroxyl groups is 1. The van der Waals surface area contributed by atoms with Gasteiger partial charge in [0.2, 0.25) is 0 Å². The van der Waals surface area contributed by atoms with E-state index >= 15 is 0 Å². The van der Waals surface area contributed by atoms with E-state index in [0.29, 0.717) is 0 Å². The molecule has 0 amide bonds. The predicted molar refractivity (Wildman–Crippen MR) is 45.8 cm³/mol. The van der Waals surface area contributed by atoms with Crippen molar-refractivity contribution >= 4 is 19.7 Å². The number of nitriles is 1. The second-order valence-electron chi connectivity index (χ2n) is 2.33. The van der Waals surface area contributed by atoms with E-state index in [0.717, 1.165) is 12.1 Å². The van der Waals surface area contributed by atoms with Gasteiger partial charge in [0, 0.05) is 10.7 Å². The molecule has 0 saturated heterocycles. The Hall–Kier alpha value is -1.32. The Bertz CT molecular complexity index is 520. The van der Waals surface area contributed by atoms with Crippen molar-refractivity contribution in [2.75, 3.05) is 0 Å². The molecule has 0 aliphatic carbocycles. The SMILES string of the molecule is N#Cc1ccc(O)c(S(=O)(=O)Cl)c1F. The van der Waals surface area contributed by atoms with Crippen molar-refractivity contribution in [3.8, 4) is 11.8 Å². The van der Waals surface area contributed by atoms with Crippen molar-refractivity contribution in [3.63, 3.8) is 0 Å². The van der Waals surface area contributed by atoms with Gasteiger partial charge in [-0.3, -0.25) is 0 Å². The quantitative estimate of drug-likeness (QED) is 0.745. The summed E-state index contributed by atoms with van der Waals surface area (Å²) in [6.07, 6.45) is 0. The highest BCUT2D eigenvalue weighted by molar-refractivity contribution is 8.13. The van der Waals surface area contributed by atoms with E-state index in [-0.39, 0.29) is 0 Å². The van der Waals surface area contributed by atoms with Gasteiger partial charge in [0.05, 0.1) is 5.56 Å². The largest absolute Gasteiger partial charge is 0.506 e. The van der Waals surface area contributed by atoms with Gasteiger partial charge in [0.1, 0.15) is 11.8 Å². The van der Waals surface area contributed by atoms with Crippen molar-refractivity contribution < 1.29 is 17.9 Å². The first kappa shape index (κ1) is 10.8. The van der Waals surface area contributed by atoms with Gasteiger partial charge < -0.3 is 5.11 Å². The van der Waals surface area contributed by atoms with E-state index in [1.165, 1.54) is 6.07 Å². The molecule has 0 aliphatic rings.